The van der Waals surface area contributed by atoms with E-state index in [0.29, 0.717) is 0 Å². The number of thioether (sulfide) groups is 1. The maximum absolute atomic E-state index is 12.7. The summed E-state index contributed by atoms with van der Waals surface area (Å²) >= 11 is 1.40. The summed E-state index contributed by atoms with van der Waals surface area (Å²) < 4.78 is 2.00. The van der Waals surface area contributed by atoms with Crippen molar-refractivity contribution in [1.29, 1.82) is 0 Å². The van der Waals surface area contributed by atoms with E-state index >= 15 is 0 Å². The molecule has 0 radical (unpaired) electrons. The molecule has 152 valence electrons. The van der Waals surface area contributed by atoms with E-state index in [1.165, 1.54) is 17.1 Å². The molecule has 0 fully saturated rings. The Labute approximate surface area is 180 Å². The second-order valence-corrected chi connectivity index (χ2v) is 8.24. The molecule has 6 heteroatoms. The Bertz CT molecular complexity index is 1200. The van der Waals surface area contributed by atoms with Crippen LogP contribution >= 0.6 is 11.8 Å². The number of benzene rings is 3. The summed E-state index contributed by atoms with van der Waals surface area (Å²) in [5.74, 6) is 1.05. The summed E-state index contributed by atoms with van der Waals surface area (Å²) in [6, 6.07) is 22.4. The average molecular weight is 417 g/mol. The third kappa shape index (κ3) is 4.09. The second-order valence-electron chi connectivity index (χ2n) is 7.30. The molecule has 5 nitrogen and oxygen atoms in total. The van der Waals surface area contributed by atoms with E-state index in [1.54, 1.807) is 0 Å². The highest BCUT2D eigenvalue weighted by molar-refractivity contribution is 7.99. The number of fused-ring (bicyclic) bond motifs is 1. The number of para-hydroxylation sites is 1. The van der Waals surface area contributed by atoms with Crippen LogP contribution in [-0.2, 0) is 4.79 Å². The van der Waals surface area contributed by atoms with Crippen LogP contribution in [-0.4, -0.2) is 26.4 Å². The van der Waals surface area contributed by atoms with E-state index in [0.717, 1.165) is 33.2 Å². The van der Waals surface area contributed by atoms with Gasteiger partial charge in [-0.05, 0) is 48.7 Å². The van der Waals surface area contributed by atoms with Crippen LogP contribution in [0.4, 0.5) is 0 Å². The number of aromatic nitrogens is 3. The molecular weight excluding hydrogens is 392 g/mol. The van der Waals surface area contributed by atoms with Crippen molar-refractivity contribution in [1.82, 2.24) is 20.1 Å². The molecule has 1 N–H and O–H groups in total. The predicted octanol–water partition coefficient (Wildman–Crippen LogP) is 5.01. The molecule has 0 aliphatic heterocycles. The van der Waals surface area contributed by atoms with Gasteiger partial charge in [0, 0.05) is 0 Å². The monoisotopic (exact) mass is 416 g/mol. The van der Waals surface area contributed by atoms with E-state index < -0.39 is 0 Å². The molecule has 4 aromatic rings. The lowest BCUT2D eigenvalue weighted by atomic mass is 10.00. The predicted molar refractivity (Wildman–Crippen MR) is 122 cm³/mol. The zero-order valence-corrected chi connectivity index (χ0v) is 18.1. The first kappa shape index (κ1) is 20.2. The summed E-state index contributed by atoms with van der Waals surface area (Å²) in [5, 5.41) is 14.7. The van der Waals surface area contributed by atoms with Gasteiger partial charge < -0.3 is 5.32 Å². The van der Waals surface area contributed by atoms with Gasteiger partial charge in [0.1, 0.15) is 5.82 Å². The Morgan fingerprint density at radius 1 is 1.00 bits per heavy atom. The van der Waals surface area contributed by atoms with Crippen molar-refractivity contribution in [2.45, 2.75) is 32.0 Å². The second kappa shape index (κ2) is 8.71. The van der Waals surface area contributed by atoms with Crippen molar-refractivity contribution in [2.24, 2.45) is 0 Å². The number of aryl methyl sites for hydroxylation is 2. The molecule has 1 atom stereocenters. The quantitative estimate of drug-likeness (QED) is 0.449. The smallest absolute Gasteiger partial charge is 0.230 e. The van der Waals surface area contributed by atoms with Crippen LogP contribution in [0.15, 0.2) is 71.9 Å². The Morgan fingerprint density at radius 2 is 1.73 bits per heavy atom. The Morgan fingerprint density at radius 3 is 2.57 bits per heavy atom. The van der Waals surface area contributed by atoms with Gasteiger partial charge in [-0.15, -0.1) is 10.2 Å². The maximum Gasteiger partial charge on any atom is 0.230 e. The molecular formula is C24H24N4OS. The first-order valence-electron chi connectivity index (χ1n) is 9.92. The molecule has 1 unspecified atom stereocenters. The zero-order valence-electron chi connectivity index (χ0n) is 17.3. The number of carbonyl (C=O) groups excluding carboxylic acids is 1. The summed E-state index contributed by atoms with van der Waals surface area (Å²) in [7, 11) is 0. The Balaban J connectivity index is 1.47. The summed E-state index contributed by atoms with van der Waals surface area (Å²) in [6.45, 7) is 6.00. The molecule has 1 aromatic heterocycles. The number of hydrogen-bond donors (Lipinski definition) is 1. The third-order valence-electron chi connectivity index (χ3n) is 5.15. The van der Waals surface area contributed by atoms with Crippen LogP contribution in [0.3, 0.4) is 0 Å². The first-order valence-corrected chi connectivity index (χ1v) is 10.9. The van der Waals surface area contributed by atoms with E-state index in [-0.39, 0.29) is 17.7 Å². The van der Waals surface area contributed by atoms with Crippen LogP contribution < -0.4 is 5.32 Å². The molecule has 0 aliphatic carbocycles. The van der Waals surface area contributed by atoms with Crippen molar-refractivity contribution in [3.05, 3.63) is 83.7 Å². The fraction of sp³-hybridized carbons (Fsp3) is 0.208. The van der Waals surface area contributed by atoms with Gasteiger partial charge in [-0.1, -0.05) is 72.4 Å². The molecule has 0 bridgehead atoms. The normalized spacial score (nSPS) is 12.1. The SMILES string of the molecule is Cc1ccccc1-n1c(C)nnc1SCC(=O)NC(C)c1cccc2ccccc12. The summed E-state index contributed by atoms with van der Waals surface area (Å²) in [5.41, 5.74) is 3.29. The van der Waals surface area contributed by atoms with E-state index in [9.17, 15) is 4.79 Å². The van der Waals surface area contributed by atoms with Gasteiger partial charge in [-0.25, -0.2) is 0 Å². The van der Waals surface area contributed by atoms with Gasteiger partial charge in [-0.2, -0.15) is 0 Å². The highest BCUT2D eigenvalue weighted by Gasteiger charge is 2.16. The number of nitrogens with one attached hydrogen (secondary N) is 1. The highest BCUT2D eigenvalue weighted by atomic mass is 32.2. The Hall–Kier alpha value is -3.12. The van der Waals surface area contributed by atoms with Crippen LogP contribution in [0.25, 0.3) is 16.5 Å². The number of hydrogen-bond acceptors (Lipinski definition) is 4. The van der Waals surface area contributed by atoms with Crippen LogP contribution in [0.5, 0.6) is 0 Å². The van der Waals surface area contributed by atoms with Crippen molar-refractivity contribution in [2.75, 3.05) is 5.75 Å². The van der Waals surface area contributed by atoms with Crippen molar-refractivity contribution in [3.8, 4) is 5.69 Å². The highest BCUT2D eigenvalue weighted by Crippen LogP contribution is 2.26. The van der Waals surface area contributed by atoms with Crippen LogP contribution in [0.1, 0.15) is 29.9 Å². The number of rotatable bonds is 6. The van der Waals surface area contributed by atoms with Gasteiger partial charge in [0.05, 0.1) is 17.5 Å². The van der Waals surface area contributed by atoms with Gasteiger partial charge in [-0.3, -0.25) is 9.36 Å². The largest absolute Gasteiger partial charge is 0.349 e. The number of amides is 1. The van der Waals surface area contributed by atoms with Crippen LogP contribution in [0, 0.1) is 13.8 Å². The van der Waals surface area contributed by atoms with Crippen molar-refractivity contribution < 1.29 is 4.79 Å². The van der Waals surface area contributed by atoms with Crippen LogP contribution in [0.2, 0.25) is 0 Å². The zero-order chi connectivity index (χ0) is 21.1. The van der Waals surface area contributed by atoms with Gasteiger partial charge in [0.25, 0.3) is 0 Å². The molecule has 1 heterocycles. The molecule has 0 aliphatic rings. The number of nitrogens with zero attached hydrogens (tertiary/aromatic N) is 3. The van der Waals surface area contributed by atoms with Crippen molar-refractivity contribution in [3.63, 3.8) is 0 Å². The minimum atomic E-state index is -0.0832. The fourth-order valence-corrected chi connectivity index (χ4v) is 4.45. The summed E-state index contributed by atoms with van der Waals surface area (Å²) in [6.07, 6.45) is 0. The molecule has 4 rings (SSSR count). The summed E-state index contributed by atoms with van der Waals surface area (Å²) in [4.78, 5) is 12.7. The first-order chi connectivity index (χ1) is 14.5. The number of carbonyl (C=O) groups is 1. The fourth-order valence-electron chi connectivity index (χ4n) is 3.65. The topological polar surface area (TPSA) is 59.8 Å². The molecule has 30 heavy (non-hydrogen) atoms. The lowest BCUT2D eigenvalue weighted by molar-refractivity contribution is -0.119. The van der Waals surface area contributed by atoms with E-state index in [4.69, 9.17) is 0 Å². The standard InChI is InChI=1S/C24H24N4OS/c1-16-9-4-7-14-22(16)28-18(3)26-27-24(28)30-15-23(29)25-17(2)20-13-8-11-19-10-5-6-12-21(19)20/h4-14,17H,15H2,1-3H3,(H,25,29). The molecule has 0 saturated heterocycles. The molecule has 0 saturated carbocycles. The van der Waals surface area contributed by atoms with E-state index in [2.05, 4.69) is 52.8 Å². The lowest BCUT2D eigenvalue weighted by Gasteiger charge is -2.17. The van der Waals surface area contributed by atoms with Gasteiger partial charge in [0.15, 0.2) is 5.16 Å². The Kier molecular flexibility index (Phi) is 5.86. The lowest BCUT2D eigenvalue weighted by Crippen LogP contribution is -2.28. The average Bonchev–Trinajstić information content (AvgIpc) is 3.12. The van der Waals surface area contributed by atoms with E-state index in [1.807, 2.05) is 54.8 Å². The van der Waals surface area contributed by atoms with Gasteiger partial charge in [0.2, 0.25) is 5.91 Å². The molecule has 0 spiro atoms. The maximum atomic E-state index is 12.7. The van der Waals surface area contributed by atoms with Crippen molar-refractivity contribution >= 4 is 28.4 Å². The third-order valence-corrected chi connectivity index (χ3v) is 6.08. The minimum Gasteiger partial charge on any atom is -0.349 e. The molecule has 1 amide bonds. The molecule has 3 aromatic carbocycles. The minimum absolute atomic E-state index is 0.0302. The van der Waals surface area contributed by atoms with Gasteiger partial charge >= 0.3 is 0 Å².